The summed E-state index contributed by atoms with van der Waals surface area (Å²) in [6.07, 6.45) is 5.74. The van der Waals surface area contributed by atoms with E-state index in [9.17, 15) is 4.39 Å². The Labute approximate surface area is 152 Å². The molecule has 0 aliphatic carbocycles. The van der Waals surface area contributed by atoms with Crippen LogP contribution in [-0.2, 0) is 0 Å². The summed E-state index contributed by atoms with van der Waals surface area (Å²) >= 11 is 1.66. The number of imidazole rings is 1. The van der Waals surface area contributed by atoms with Crippen molar-refractivity contribution in [2.45, 2.75) is 0 Å². The van der Waals surface area contributed by atoms with Crippen molar-refractivity contribution < 1.29 is 4.39 Å². The summed E-state index contributed by atoms with van der Waals surface area (Å²) < 4.78 is 15.3. The van der Waals surface area contributed by atoms with Crippen LogP contribution in [0.4, 0.5) is 4.39 Å². The van der Waals surface area contributed by atoms with Crippen LogP contribution in [-0.4, -0.2) is 19.6 Å². The van der Waals surface area contributed by atoms with E-state index in [-0.39, 0.29) is 5.82 Å². The molecule has 0 amide bonds. The average Bonchev–Trinajstić information content (AvgIpc) is 3.41. The molecule has 5 aromatic rings. The Kier molecular flexibility index (Phi) is 3.43. The fourth-order valence-corrected chi connectivity index (χ4v) is 3.75. The van der Waals surface area contributed by atoms with Gasteiger partial charge in [0.1, 0.15) is 11.5 Å². The molecule has 0 atom stereocenters. The van der Waals surface area contributed by atoms with Gasteiger partial charge >= 0.3 is 0 Å². The number of nitrogens with zero attached hydrogens (tertiary/aromatic N) is 3. The predicted molar refractivity (Wildman–Crippen MR) is 101 cm³/mol. The van der Waals surface area contributed by atoms with Crippen LogP contribution >= 0.6 is 11.3 Å². The number of thiophene rings is 1. The zero-order valence-electron chi connectivity index (χ0n) is 13.6. The fraction of sp³-hybridized carbons (Fsp3) is 0. The molecule has 0 saturated carbocycles. The molecule has 0 spiro atoms. The van der Waals surface area contributed by atoms with E-state index in [1.807, 2.05) is 18.3 Å². The standard InChI is InChI=1S/C20H13FN4S/c21-16-4-1-13(2-5-16)20-17(9-23-24-20)14-3-6-19-22-10-18(25(19)11-14)15-7-8-26-12-15/h1-12H,(H,23,24). The first-order chi connectivity index (χ1) is 12.8. The average molecular weight is 360 g/mol. The van der Waals surface area contributed by atoms with Gasteiger partial charge in [0.2, 0.25) is 0 Å². The predicted octanol–water partition coefficient (Wildman–Crippen LogP) is 5.26. The Hall–Kier alpha value is -3.25. The van der Waals surface area contributed by atoms with Crippen LogP contribution in [0.5, 0.6) is 0 Å². The number of nitrogens with one attached hydrogen (secondary N) is 1. The van der Waals surface area contributed by atoms with E-state index in [1.54, 1.807) is 29.7 Å². The summed E-state index contributed by atoms with van der Waals surface area (Å²) in [4.78, 5) is 4.49. The van der Waals surface area contributed by atoms with Gasteiger partial charge in [0, 0.05) is 33.8 Å². The van der Waals surface area contributed by atoms with Crippen molar-refractivity contribution in [3.63, 3.8) is 0 Å². The molecule has 0 aliphatic rings. The maximum absolute atomic E-state index is 13.2. The smallest absolute Gasteiger partial charge is 0.137 e. The molecule has 4 heterocycles. The van der Waals surface area contributed by atoms with E-state index in [0.717, 1.165) is 39.3 Å². The number of hydrogen-bond donors (Lipinski definition) is 1. The van der Waals surface area contributed by atoms with Gasteiger partial charge in [-0.25, -0.2) is 9.37 Å². The van der Waals surface area contributed by atoms with Crippen LogP contribution in [0.15, 0.2) is 71.8 Å². The third-order valence-electron chi connectivity index (χ3n) is 4.41. The first-order valence-corrected chi connectivity index (χ1v) is 9.03. The van der Waals surface area contributed by atoms with Crippen molar-refractivity contribution in [2.24, 2.45) is 0 Å². The Morgan fingerprint density at radius 2 is 1.77 bits per heavy atom. The molecule has 1 N–H and O–H groups in total. The minimum atomic E-state index is -0.255. The quantitative estimate of drug-likeness (QED) is 0.477. The van der Waals surface area contributed by atoms with Gasteiger partial charge in [0.05, 0.1) is 23.8 Å². The van der Waals surface area contributed by atoms with E-state index in [2.05, 4.69) is 42.6 Å². The second-order valence-electron chi connectivity index (χ2n) is 5.97. The number of aromatic amines is 1. The summed E-state index contributed by atoms with van der Waals surface area (Å²) in [5.41, 5.74) is 6.81. The van der Waals surface area contributed by atoms with E-state index < -0.39 is 0 Å². The molecule has 0 fully saturated rings. The molecule has 26 heavy (non-hydrogen) atoms. The fourth-order valence-electron chi connectivity index (χ4n) is 3.11. The molecule has 4 nitrogen and oxygen atoms in total. The lowest BCUT2D eigenvalue weighted by Gasteiger charge is -2.06. The third-order valence-corrected chi connectivity index (χ3v) is 5.09. The van der Waals surface area contributed by atoms with Gasteiger partial charge in [0.25, 0.3) is 0 Å². The molecule has 0 unspecified atom stereocenters. The van der Waals surface area contributed by atoms with Gasteiger partial charge in [0.15, 0.2) is 0 Å². The molecule has 6 heteroatoms. The lowest BCUT2D eigenvalue weighted by atomic mass is 10.0. The van der Waals surface area contributed by atoms with Crippen molar-refractivity contribution in [1.29, 1.82) is 0 Å². The molecule has 0 saturated heterocycles. The van der Waals surface area contributed by atoms with Gasteiger partial charge in [-0.1, -0.05) is 0 Å². The van der Waals surface area contributed by atoms with Crippen LogP contribution in [0.3, 0.4) is 0 Å². The molecule has 0 radical (unpaired) electrons. The van der Waals surface area contributed by atoms with E-state index >= 15 is 0 Å². The number of halogens is 1. The Bertz CT molecular complexity index is 1190. The van der Waals surface area contributed by atoms with Crippen molar-refractivity contribution in [3.05, 3.63) is 77.6 Å². The lowest BCUT2D eigenvalue weighted by molar-refractivity contribution is 0.628. The summed E-state index contributed by atoms with van der Waals surface area (Å²) in [7, 11) is 0. The Morgan fingerprint density at radius 3 is 2.58 bits per heavy atom. The molecule has 4 aromatic heterocycles. The summed E-state index contributed by atoms with van der Waals surface area (Å²) in [6.45, 7) is 0. The molecule has 0 aliphatic heterocycles. The highest BCUT2D eigenvalue weighted by Crippen LogP contribution is 2.32. The van der Waals surface area contributed by atoms with Crippen molar-refractivity contribution in [3.8, 4) is 33.6 Å². The largest absolute Gasteiger partial charge is 0.299 e. The van der Waals surface area contributed by atoms with Crippen LogP contribution in [0.2, 0.25) is 0 Å². The van der Waals surface area contributed by atoms with Crippen LogP contribution in [0.1, 0.15) is 0 Å². The Morgan fingerprint density at radius 1 is 0.923 bits per heavy atom. The molecular weight excluding hydrogens is 347 g/mol. The first kappa shape index (κ1) is 15.0. The second-order valence-corrected chi connectivity index (χ2v) is 6.75. The molecule has 126 valence electrons. The molecule has 1 aromatic carbocycles. The van der Waals surface area contributed by atoms with Crippen molar-refractivity contribution in [1.82, 2.24) is 19.6 Å². The highest BCUT2D eigenvalue weighted by atomic mass is 32.1. The summed E-state index contributed by atoms with van der Waals surface area (Å²) in [5, 5.41) is 11.4. The maximum atomic E-state index is 13.2. The van der Waals surface area contributed by atoms with Crippen LogP contribution in [0.25, 0.3) is 39.3 Å². The zero-order valence-corrected chi connectivity index (χ0v) is 14.4. The number of benzene rings is 1. The summed E-state index contributed by atoms with van der Waals surface area (Å²) in [6, 6.07) is 12.5. The molecule has 5 rings (SSSR count). The number of hydrogen-bond acceptors (Lipinski definition) is 3. The van der Waals surface area contributed by atoms with E-state index in [4.69, 9.17) is 0 Å². The third kappa shape index (κ3) is 2.43. The number of pyridine rings is 1. The lowest BCUT2D eigenvalue weighted by Crippen LogP contribution is -1.90. The number of aromatic nitrogens is 4. The van der Waals surface area contributed by atoms with E-state index in [1.165, 1.54) is 12.1 Å². The second kappa shape index (κ2) is 5.93. The number of H-pyrrole nitrogens is 1. The van der Waals surface area contributed by atoms with Crippen LogP contribution < -0.4 is 0 Å². The number of rotatable bonds is 3. The van der Waals surface area contributed by atoms with Gasteiger partial charge in [-0.05, 0) is 47.8 Å². The van der Waals surface area contributed by atoms with E-state index in [0.29, 0.717) is 0 Å². The van der Waals surface area contributed by atoms with Gasteiger partial charge in [-0.2, -0.15) is 16.4 Å². The minimum Gasteiger partial charge on any atom is -0.299 e. The normalized spacial score (nSPS) is 11.3. The minimum absolute atomic E-state index is 0.255. The topological polar surface area (TPSA) is 46.0 Å². The van der Waals surface area contributed by atoms with Gasteiger partial charge in [-0.15, -0.1) is 0 Å². The highest BCUT2D eigenvalue weighted by molar-refractivity contribution is 7.08. The summed E-state index contributed by atoms with van der Waals surface area (Å²) in [5.74, 6) is -0.255. The molecule has 0 bridgehead atoms. The highest BCUT2D eigenvalue weighted by Gasteiger charge is 2.13. The molecular formula is C20H13FN4S. The van der Waals surface area contributed by atoms with Crippen LogP contribution in [0, 0.1) is 5.82 Å². The Balaban J connectivity index is 1.65. The van der Waals surface area contributed by atoms with Crippen molar-refractivity contribution >= 4 is 17.0 Å². The van der Waals surface area contributed by atoms with Crippen molar-refractivity contribution in [2.75, 3.05) is 0 Å². The monoisotopic (exact) mass is 360 g/mol. The number of fused-ring (bicyclic) bond motifs is 1. The zero-order chi connectivity index (χ0) is 17.5. The first-order valence-electron chi connectivity index (χ1n) is 8.09. The maximum Gasteiger partial charge on any atom is 0.137 e. The SMILES string of the molecule is Fc1ccc(-c2[nH]ncc2-c2ccc3ncc(-c4ccsc4)n3c2)cc1. The van der Waals surface area contributed by atoms with Gasteiger partial charge < -0.3 is 0 Å². The van der Waals surface area contributed by atoms with Gasteiger partial charge in [-0.3, -0.25) is 9.50 Å².